The average Bonchev–Trinajstić information content (AvgIpc) is 3.47. The summed E-state index contributed by atoms with van der Waals surface area (Å²) in [6.07, 6.45) is -1.16. The van der Waals surface area contributed by atoms with Crippen LogP contribution in [0.4, 0.5) is 16.0 Å². The topological polar surface area (TPSA) is 327 Å². The van der Waals surface area contributed by atoms with Crippen LogP contribution >= 0.6 is 0 Å². The summed E-state index contributed by atoms with van der Waals surface area (Å²) in [5, 5.41) is 43.6. The number of aliphatic carboxylic acids is 4. The first kappa shape index (κ1) is 39.9. The van der Waals surface area contributed by atoms with E-state index in [0.29, 0.717) is 23.0 Å². The Kier molecular flexibility index (Phi) is 13.7. The summed E-state index contributed by atoms with van der Waals surface area (Å²) >= 11 is 0. The van der Waals surface area contributed by atoms with Crippen molar-refractivity contribution in [3.8, 4) is 0 Å². The van der Waals surface area contributed by atoms with Gasteiger partial charge >= 0.3 is 23.9 Å². The van der Waals surface area contributed by atoms with E-state index in [1.807, 2.05) is 0 Å². The molecule has 0 fully saturated rings. The molecule has 3 amide bonds. The molecule has 0 aliphatic heterocycles. The number of nitrogens with zero attached hydrogens (tertiary/aromatic N) is 2. The molecule has 2 heterocycles. The normalized spacial score (nSPS) is 12.7. The second-order valence-corrected chi connectivity index (χ2v) is 11.6. The molecule has 0 spiro atoms. The molecule has 0 saturated carbocycles. The highest BCUT2D eigenvalue weighted by atomic mass is 19.1. The lowest BCUT2D eigenvalue weighted by Gasteiger charge is -2.20. The van der Waals surface area contributed by atoms with Gasteiger partial charge in [-0.05, 0) is 49.4 Å². The minimum Gasteiger partial charge on any atom is -0.481 e. The number of likely N-dealkylation sites (N-methyl/N-ethyl adjacent to an activating group) is 1. The molecule has 52 heavy (non-hydrogen) atoms. The summed E-state index contributed by atoms with van der Waals surface area (Å²) in [4.78, 5) is 106. The Morgan fingerprint density at radius 1 is 0.865 bits per heavy atom. The summed E-state index contributed by atoms with van der Waals surface area (Å²) in [7, 11) is 1.59. The summed E-state index contributed by atoms with van der Waals surface area (Å²) in [6.45, 7) is 0.248. The molecular weight excluding hydrogens is 695 g/mol. The first-order chi connectivity index (χ1) is 24.5. The van der Waals surface area contributed by atoms with Gasteiger partial charge in [0.2, 0.25) is 17.8 Å². The van der Waals surface area contributed by atoms with Gasteiger partial charge in [0.05, 0.1) is 11.1 Å². The number of amides is 3. The number of aromatic amines is 2. The number of hydrogen-bond donors (Lipinski definition) is 10. The van der Waals surface area contributed by atoms with Crippen molar-refractivity contribution in [2.24, 2.45) is 0 Å². The van der Waals surface area contributed by atoms with E-state index >= 15 is 4.39 Å². The van der Waals surface area contributed by atoms with E-state index < -0.39 is 110 Å². The number of benzene rings is 1. The van der Waals surface area contributed by atoms with Crippen LogP contribution in [-0.2, 0) is 35.2 Å². The maximum Gasteiger partial charge on any atom is 0.326 e. The van der Waals surface area contributed by atoms with Crippen LogP contribution in [0.15, 0.2) is 29.2 Å². The Morgan fingerprint density at radius 3 is 1.92 bits per heavy atom. The van der Waals surface area contributed by atoms with E-state index in [0.717, 1.165) is 6.07 Å². The average molecular weight is 733 g/mol. The highest BCUT2D eigenvalue weighted by Crippen LogP contribution is 2.21. The van der Waals surface area contributed by atoms with Crippen molar-refractivity contribution in [3.63, 3.8) is 0 Å². The van der Waals surface area contributed by atoms with Gasteiger partial charge in [-0.3, -0.25) is 29.0 Å². The van der Waals surface area contributed by atoms with Gasteiger partial charge in [-0.2, -0.15) is 4.98 Å². The molecule has 21 heteroatoms. The van der Waals surface area contributed by atoms with Crippen LogP contribution in [0.1, 0.15) is 54.4 Å². The standard InChI is InChI=1S/C31H37FN8O12/c1-40(11-10-15-13-34-25-24(15)27(46)39-31(33)38-25)20-6-2-14(12-16(20)32)26(45)37-19(30(51)52)4-8-22(42)35-17(28(47)48)3-7-21(41)36-18(29(49)50)5-9-23(43)44/h2,6,12-13,17-19H,3-5,7-11H2,1H3,(H,35,42)(H,36,41)(H,37,45)(H,43,44)(H,47,48)(H,49,50)(H,51,52)(H4,33,34,38,39,46)/t17-,18-,19-/m0/s1. The number of carboxylic acids is 4. The van der Waals surface area contributed by atoms with Gasteiger partial charge in [-0.1, -0.05) is 0 Å². The zero-order valence-electron chi connectivity index (χ0n) is 27.6. The molecule has 0 aliphatic carbocycles. The Morgan fingerprint density at radius 2 is 1.40 bits per heavy atom. The number of nitrogens with one attached hydrogen (secondary N) is 5. The van der Waals surface area contributed by atoms with Gasteiger partial charge in [0, 0.05) is 44.6 Å². The molecule has 0 bridgehead atoms. The van der Waals surface area contributed by atoms with Crippen molar-refractivity contribution in [2.45, 2.75) is 63.1 Å². The van der Waals surface area contributed by atoms with Crippen LogP contribution in [0.3, 0.4) is 0 Å². The van der Waals surface area contributed by atoms with Crippen molar-refractivity contribution in [1.29, 1.82) is 0 Å². The summed E-state index contributed by atoms with van der Waals surface area (Å²) in [5.41, 5.74) is 5.91. The number of carboxylic acid groups (broad SMARTS) is 4. The first-order valence-electron chi connectivity index (χ1n) is 15.6. The van der Waals surface area contributed by atoms with Crippen molar-refractivity contribution in [2.75, 3.05) is 24.2 Å². The van der Waals surface area contributed by atoms with E-state index in [-0.39, 0.29) is 23.7 Å². The Bertz CT molecular complexity index is 1910. The van der Waals surface area contributed by atoms with Crippen molar-refractivity contribution < 1.29 is 58.4 Å². The van der Waals surface area contributed by atoms with E-state index in [4.69, 9.17) is 15.9 Å². The van der Waals surface area contributed by atoms with E-state index in [2.05, 4.69) is 30.9 Å². The van der Waals surface area contributed by atoms with Crippen LogP contribution in [0.5, 0.6) is 0 Å². The molecule has 1 aromatic carbocycles. The molecule has 0 aliphatic rings. The van der Waals surface area contributed by atoms with Crippen molar-refractivity contribution >= 4 is 64.3 Å². The predicted octanol–water partition coefficient (Wildman–Crippen LogP) is -0.602. The Balaban J connectivity index is 1.53. The van der Waals surface area contributed by atoms with Crippen LogP contribution in [0, 0.1) is 5.82 Å². The SMILES string of the molecule is CN(CCc1c[nH]c2nc(N)[nH]c(=O)c12)c1ccc(C(=O)N[C@@H](CCC(=O)N[C@@H](CCC(=O)N[C@@H](CCC(=O)O)C(=O)O)C(=O)O)C(=O)O)cc1F. The summed E-state index contributed by atoms with van der Waals surface area (Å²) in [6, 6.07) is -1.33. The number of fused-ring (bicyclic) bond motifs is 1. The molecule has 3 aromatic rings. The zero-order chi connectivity index (χ0) is 38.7. The van der Waals surface area contributed by atoms with Gasteiger partial charge in [-0.15, -0.1) is 0 Å². The third-order valence-corrected chi connectivity index (χ3v) is 7.82. The number of H-pyrrole nitrogens is 2. The van der Waals surface area contributed by atoms with Crippen LogP contribution in [0.25, 0.3) is 11.0 Å². The molecule has 20 nitrogen and oxygen atoms in total. The molecule has 3 rings (SSSR count). The monoisotopic (exact) mass is 732 g/mol. The number of carbonyl (C=O) groups is 7. The number of anilines is 2. The summed E-state index contributed by atoms with van der Waals surface area (Å²) < 4.78 is 15.1. The largest absolute Gasteiger partial charge is 0.481 e. The maximum atomic E-state index is 15.1. The second kappa shape index (κ2) is 17.9. The number of nitrogen functional groups attached to an aromatic ring is 1. The third kappa shape index (κ3) is 11.2. The smallest absolute Gasteiger partial charge is 0.326 e. The maximum absolute atomic E-state index is 15.1. The van der Waals surface area contributed by atoms with Crippen LogP contribution in [0.2, 0.25) is 0 Å². The van der Waals surface area contributed by atoms with Crippen LogP contribution in [-0.4, -0.2) is 109 Å². The van der Waals surface area contributed by atoms with Crippen LogP contribution < -0.4 is 32.1 Å². The third-order valence-electron chi connectivity index (χ3n) is 7.82. The predicted molar refractivity (Wildman–Crippen MR) is 178 cm³/mol. The quantitative estimate of drug-likeness (QED) is 0.0693. The van der Waals surface area contributed by atoms with E-state index in [9.17, 15) is 48.6 Å². The molecule has 3 atom stereocenters. The molecule has 11 N–H and O–H groups in total. The fraction of sp³-hybridized carbons (Fsp3) is 0.387. The van der Waals surface area contributed by atoms with E-state index in [1.54, 1.807) is 18.1 Å². The van der Waals surface area contributed by atoms with Crippen molar-refractivity contribution in [1.82, 2.24) is 30.9 Å². The lowest BCUT2D eigenvalue weighted by molar-refractivity contribution is -0.144. The van der Waals surface area contributed by atoms with Gasteiger partial charge in [0.1, 0.15) is 29.6 Å². The summed E-state index contributed by atoms with van der Waals surface area (Å²) in [5.74, 6) is -9.53. The number of carbonyl (C=O) groups excluding carboxylic acids is 3. The molecular formula is C31H37FN8O12. The fourth-order valence-electron chi connectivity index (χ4n) is 5.05. The lowest BCUT2D eigenvalue weighted by Crippen LogP contribution is -2.45. The van der Waals surface area contributed by atoms with Gasteiger partial charge in [0.15, 0.2) is 0 Å². The zero-order valence-corrected chi connectivity index (χ0v) is 27.6. The number of halogens is 1. The Labute approximate surface area is 292 Å². The molecule has 0 saturated heterocycles. The molecule has 2 aromatic heterocycles. The van der Waals surface area contributed by atoms with Crippen molar-refractivity contribution in [3.05, 3.63) is 51.7 Å². The number of aromatic nitrogens is 3. The number of rotatable bonds is 20. The van der Waals surface area contributed by atoms with Gasteiger partial charge < -0.3 is 52.0 Å². The fourth-order valence-corrected chi connectivity index (χ4v) is 5.05. The lowest BCUT2D eigenvalue weighted by atomic mass is 10.1. The van der Waals surface area contributed by atoms with Gasteiger partial charge in [0.25, 0.3) is 11.5 Å². The second-order valence-electron chi connectivity index (χ2n) is 11.6. The highest BCUT2D eigenvalue weighted by Gasteiger charge is 2.27. The minimum absolute atomic E-state index is 0.0517. The van der Waals surface area contributed by atoms with Gasteiger partial charge in [-0.25, -0.2) is 18.8 Å². The molecule has 0 radical (unpaired) electrons. The number of nitrogens with two attached hydrogens (primary N) is 1. The highest BCUT2D eigenvalue weighted by molar-refractivity contribution is 5.97. The Hall–Kier alpha value is -6.54. The number of hydrogen-bond acceptors (Lipinski definition) is 11. The molecule has 280 valence electrons. The van der Waals surface area contributed by atoms with E-state index in [1.165, 1.54) is 12.1 Å². The minimum atomic E-state index is -1.64. The molecule has 0 unspecified atom stereocenters. The first-order valence-corrected chi connectivity index (χ1v) is 15.6.